The van der Waals surface area contributed by atoms with Crippen molar-refractivity contribution in [3.8, 4) is 0 Å². The quantitative estimate of drug-likeness (QED) is 0.524. The molecule has 0 unspecified atom stereocenters. The lowest BCUT2D eigenvalue weighted by Crippen LogP contribution is -2.18. The molecule has 1 aromatic carbocycles. The summed E-state index contributed by atoms with van der Waals surface area (Å²) in [6.45, 7) is 1.78. The molecular weight excluding hydrogens is 262 g/mol. The molecule has 7 heteroatoms. The predicted octanol–water partition coefficient (Wildman–Crippen LogP) is 2.26. The maximum Gasteiger partial charge on any atom is 0.282 e. The third-order valence-electron chi connectivity index (χ3n) is 2.46. The molecule has 0 aliphatic carbocycles. The van der Waals surface area contributed by atoms with Crippen molar-refractivity contribution < 1.29 is 14.1 Å². The van der Waals surface area contributed by atoms with Gasteiger partial charge in [-0.05, 0) is 25.1 Å². The number of benzene rings is 1. The van der Waals surface area contributed by atoms with E-state index in [4.69, 9.17) is 4.42 Å². The number of nitrogens with zero attached hydrogens (tertiary/aromatic N) is 2. The molecule has 0 bridgehead atoms. The van der Waals surface area contributed by atoms with Crippen LogP contribution >= 0.6 is 0 Å². The first-order chi connectivity index (χ1) is 9.58. The van der Waals surface area contributed by atoms with E-state index in [1.54, 1.807) is 25.1 Å². The van der Waals surface area contributed by atoms with E-state index < -0.39 is 10.8 Å². The minimum Gasteiger partial charge on any atom is -0.460 e. The fourth-order valence-electron chi connectivity index (χ4n) is 1.56. The smallest absolute Gasteiger partial charge is 0.282 e. The van der Waals surface area contributed by atoms with Crippen molar-refractivity contribution >= 4 is 17.8 Å². The van der Waals surface area contributed by atoms with E-state index in [0.717, 1.165) is 5.76 Å². The van der Waals surface area contributed by atoms with Gasteiger partial charge in [-0.25, -0.2) is 5.43 Å². The van der Waals surface area contributed by atoms with E-state index in [9.17, 15) is 14.9 Å². The molecule has 1 aromatic heterocycles. The van der Waals surface area contributed by atoms with Crippen LogP contribution in [0.2, 0.25) is 0 Å². The highest BCUT2D eigenvalue weighted by molar-refractivity contribution is 5.98. The molecular formula is C13H11N3O4. The van der Waals surface area contributed by atoms with E-state index in [2.05, 4.69) is 10.5 Å². The first-order valence-electron chi connectivity index (χ1n) is 5.71. The third kappa shape index (κ3) is 3.08. The number of hydrogen-bond donors (Lipinski definition) is 1. The largest absolute Gasteiger partial charge is 0.460 e. The molecule has 1 N–H and O–H groups in total. The van der Waals surface area contributed by atoms with Crippen LogP contribution in [0.5, 0.6) is 0 Å². The summed E-state index contributed by atoms with van der Waals surface area (Å²) >= 11 is 0. The zero-order chi connectivity index (χ0) is 14.5. The van der Waals surface area contributed by atoms with E-state index in [0.29, 0.717) is 5.76 Å². The van der Waals surface area contributed by atoms with Gasteiger partial charge in [0.25, 0.3) is 11.6 Å². The first-order valence-corrected chi connectivity index (χ1v) is 5.71. The molecule has 1 heterocycles. The number of para-hydroxylation sites is 1. The number of carbonyl (C=O) groups excluding carboxylic acids is 1. The van der Waals surface area contributed by atoms with Gasteiger partial charge in [-0.2, -0.15) is 5.10 Å². The molecule has 0 radical (unpaired) electrons. The Labute approximate surface area is 114 Å². The number of nitro groups is 1. The van der Waals surface area contributed by atoms with Crippen molar-refractivity contribution in [2.45, 2.75) is 6.92 Å². The standard InChI is InChI=1S/C13H11N3O4/c1-9-6-7-10(20-9)8-14-15-13(17)11-4-2-3-5-12(11)16(18)19/h2-8H,1H3,(H,15,17). The molecule has 0 spiro atoms. The van der Waals surface area contributed by atoms with Gasteiger partial charge in [-0.15, -0.1) is 0 Å². The van der Waals surface area contributed by atoms with Crippen molar-refractivity contribution in [2.24, 2.45) is 5.10 Å². The summed E-state index contributed by atoms with van der Waals surface area (Å²) in [7, 11) is 0. The molecule has 0 saturated carbocycles. The van der Waals surface area contributed by atoms with E-state index >= 15 is 0 Å². The Morgan fingerprint density at radius 1 is 1.35 bits per heavy atom. The second-order valence-corrected chi connectivity index (χ2v) is 3.92. The van der Waals surface area contributed by atoms with Gasteiger partial charge in [0.15, 0.2) is 0 Å². The Morgan fingerprint density at radius 2 is 2.10 bits per heavy atom. The van der Waals surface area contributed by atoms with Gasteiger partial charge in [0.1, 0.15) is 17.1 Å². The first kappa shape index (κ1) is 13.5. The van der Waals surface area contributed by atoms with Crippen LogP contribution < -0.4 is 5.43 Å². The summed E-state index contributed by atoms with van der Waals surface area (Å²) in [5.74, 6) is 0.540. The highest BCUT2D eigenvalue weighted by atomic mass is 16.6. The number of hydrogen-bond acceptors (Lipinski definition) is 5. The molecule has 2 aromatic rings. The van der Waals surface area contributed by atoms with Gasteiger partial charge in [-0.3, -0.25) is 14.9 Å². The fraction of sp³-hybridized carbons (Fsp3) is 0.0769. The van der Waals surface area contributed by atoms with Crippen molar-refractivity contribution in [3.05, 3.63) is 63.6 Å². The van der Waals surface area contributed by atoms with E-state index in [-0.39, 0.29) is 11.3 Å². The number of nitrogens with one attached hydrogen (secondary N) is 1. The maximum atomic E-state index is 11.8. The second kappa shape index (κ2) is 5.79. The Kier molecular flexibility index (Phi) is 3.90. The number of nitro benzene ring substituents is 1. The molecule has 0 aliphatic heterocycles. The van der Waals surface area contributed by atoms with Crippen molar-refractivity contribution in [3.63, 3.8) is 0 Å². The number of rotatable bonds is 4. The number of amides is 1. The second-order valence-electron chi connectivity index (χ2n) is 3.92. The average molecular weight is 273 g/mol. The SMILES string of the molecule is Cc1ccc(C=NNC(=O)c2ccccc2[N+](=O)[O-])o1. The highest BCUT2D eigenvalue weighted by Gasteiger charge is 2.18. The van der Waals surface area contributed by atoms with Crippen LogP contribution in [0.1, 0.15) is 21.9 Å². The minimum atomic E-state index is -0.656. The van der Waals surface area contributed by atoms with Crippen LogP contribution in [0.4, 0.5) is 5.69 Å². The zero-order valence-electron chi connectivity index (χ0n) is 10.6. The highest BCUT2D eigenvalue weighted by Crippen LogP contribution is 2.17. The van der Waals surface area contributed by atoms with Crippen LogP contribution in [-0.4, -0.2) is 17.0 Å². The van der Waals surface area contributed by atoms with Gasteiger partial charge in [0.2, 0.25) is 0 Å². The predicted molar refractivity (Wildman–Crippen MR) is 71.6 cm³/mol. The maximum absolute atomic E-state index is 11.8. The normalized spacial score (nSPS) is 10.7. The van der Waals surface area contributed by atoms with Gasteiger partial charge < -0.3 is 4.42 Å². The van der Waals surface area contributed by atoms with Gasteiger partial charge in [0.05, 0.1) is 11.1 Å². The van der Waals surface area contributed by atoms with Crippen molar-refractivity contribution in [2.75, 3.05) is 0 Å². The number of furan rings is 1. The van der Waals surface area contributed by atoms with Crippen LogP contribution in [0.25, 0.3) is 0 Å². The summed E-state index contributed by atoms with van der Waals surface area (Å²) in [6, 6.07) is 9.10. The van der Waals surface area contributed by atoms with Crippen LogP contribution in [-0.2, 0) is 0 Å². The van der Waals surface area contributed by atoms with Crippen molar-refractivity contribution in [1.29, 1.82) is 0 Å². The summed E-state index contributed by atoms with van der Waals surface area (Å²) in [5.41, 5.74) is 1.90. The van der Waals surface area contributed by atoms with Crippen LogP contribution in [0.3, 0.4) is 0 Å². The van der Waals surface area contributed by atoms with Gasteiger partial charge >= 0.3 is 0 Å². The van der Waals surface area contributed by atoms with Crippen LogP contribution in [0.15, 0.2) is 45.9 Å². The molecule has 0 fully saturated rings. The molecule has 2 rings (SSSR count). The number of carbonyl (C=O) groups is 1. The van der Waals surface area contributed by atoms with Crippen LogP contribution in [0, 0.1) is 17.0 Å². The van der Waals surface area contributed by atoms with E-state index in [1.165, 1.54) is 24.4 Å². The Bertz CT molecular complexity index is 676. The number of aryl methyl sites for hydroxylation is 1. The summed E-state index contributed by atoms with van der Waals surface area (Å²) in [5, 5.41) is 14.5. The lowest BCUT2D eigenvalue weighted by Gasteiger charge is -2.00. The lowest BCUT2D eigenvalue weighted by atomic mass is 10.2. The molecule has 7 nitrogen and oxygen atoms in total. The molecule has 1 amide bonds. The molecule has 0 aliphatic rings. The summed E-state index contributed by atoms with van der Waals surface area (Å²) < 4.78 is 5.22. The monoisotopic (exact) mass is 273 g/mol. The zero-order valence-corrected chi connectivity index (χ0v) is 10.6. The van der Waals surface area contributed by atoms with Crippen molar-refractivity contribution in [1.82, 2.24) is 5.43 Å². The Morgan fingerprint density at radius 3 is 2.75 bits per heavy atom. The number of hydrazone groups is 1. The molecule has 20 heavy (non-hydrogen) atoms. The molecule has 0 saturated heterocycles. The minimum absolute atomic E-state index is 0.0507. The fourth-order valence-corrected chi connectivity index (χ4v) is 1.56. The topological polar surface area (TPSA) is 97.7 Å². The lowest BCUT2D eigenvalue weighted by molar-refractivity contribution is -0.385. The van der Waals surface area contributed by atoms with Gasteiger partial charge in [-0.1, -0.05) is 12.1 Å². The third-order valence-corrected chi connectivity index (χ3v) is 2.46. The van der Waals surface area contributed by atoms with Gasteiger partial charge in [0, 0.05) is 6.07 Å². The molecule has 102 valence electrons. The summed E-state index contributed by atoms with van der Waals surface area (Å²) in [4.78, 5) is 22.0. The Hall–Kier alpha value is -2.96. The average Bonchev–Trinajstić information content (AvgIpc) is 2.84. The molecule has 0 atom stereocenters. The summed E-state index contributed by atoms with van der Waals surface area (Å²) in [6.07, 6.45) is 1.32. The Balaban J connectivity index is 2.09. The van der Waals surface area contributed by atoms with E-state index in [1.807, 2.05) is 0 Å².